The second-order valence-electron chi connectivity index (χ2n) is 5.73. The van der Waals surface area contributed by atoms with E-state index in [1.54, 1.807) is 11.8 Å². The zero-order valence-corrected chi connectivity index (χ0v) is 11.5. The fraction of sp³-hybridized carbons (Fsp3) is 0.846. The average molecular weight is 270 g/mol. The van der Waals surface area contributed by atoms with E-state index in [-0.39, 0.29) is 18.1 Å². The molecule has 0 aromatic carbocycles. The summed E-state index contributed by atoms with van der Waals surface area (Å²) in [6, 6.07) is -0.422. The second kappa shape index (κ2) is 5.36. The first-order valence-corrected chi connectivity index (χ1v) is 6.83. The van der Waals surface area contributed by atoms with E-state index in [1.807, 2.05) is 6.92 Å². The van der Waals surface area contributed by atoms with Crippen LogP contribution < -0.4 is 5.32 Å². The topological polar surface area (TPSA) is 78.9 Å². The number of carbonyl (C=O) groups is 2. The third-order valence-electron chi connectivity index (χ3n) is 4.37. The summed E-state index contributed by atoms with van der Waals surface area (Å²) in [5, 5.41) is 12.2. The van der Waals surface area contributed by atoms with Gasteiger partial charge in [0.15, 0.2) is 0 Å². The smallest absolute Gasteiger partial charge is 0.318 e. The minimum absolute atomic E-state index is 0.0336. The fourth-order valence-electron chi connectivity index (χ4n) is 2.91. The van der Waals surface area contributed by atoms with Crippen LogP contribution in [0.5, 0.6) is 0 Å². The molecular weight excluding hydrogens is 248 g/mol. The molecule has 0 bridgehead atoms. The van der Waals surface area contributed by atoms with Crippen molar-refractivity contribution in [1.82, 2.24) is 10.2 Å². The molecule has 3 atom stereocenters. The summed E-state index contributed by atoms with van der Waals surface area (Å²) in [5.74, 6) is -0.828. The van der Waals surface area contributed by atoms with Gasteiger partial charge in [-0.25, -0.2) is 4.79 Å². The standard InChI is InChI=1S/C13H22N2O4/c1-9-8-19-7-6-15(9)12(18)14-10-4-3-5-13(10,2)11(16)17/h9-10H,3-8H2,1-2H3,(H,14,18)(H,16,17). The molecular formula is C13H22N2O4. The van der Waals surface area contributed by atoms with Crippen LogP contribution in [0.4, 0.5) is 4.79 Å². The van der Waals surface area contributed by atoms with Gasteiger partial charge >= 0.3 is 12.0 Å². The molecule has 2 N–H and O–H groups in total. The Kier molecular flexibility index (Phi) is 3.99. The van der Waals surface area contributed by atoms with Crippen molar-refractivity contribution in [3.8, 4) is 0 Å². The van der Waals surface area contributed by atoms with Gasteiger partial charge in [0.1, 0.15) is 0 Å². The van der Waals surface area contributed by atoms with Gasteiger partial charge in [-0.05, 0) is 26.7 Å². The number of rotatable bonds is 2. The maximum atomic E-state index is 12.2. The maximum absolute atomic E-state index is 12.2. The lowest BCUT2D eigenvalue weighted by molar-refractivity contribution is -0.148. The van der Waals surface area contributed by atoms with Crippen LogP contribution in [0.1, 0.15) is 33.1 Å². The minimum Gasteiger partial charge on any atom is -0.481 e. The van der Waals surface area contributed by atoms with Crippen molar-refractivity contribution in [1.29, 1.82) is 0 Å². The van der Waals surface area contributed by atoms with Crippen LogP contribution in [0, 0.1) is 5.41 Å². The Bertz CT molecular complexity index is 374. The molecule has 2 aliphatic rings. The Labute approximate surface area is 113 Å². The van der Waals surface area contributed by atoms with E-state index in [0.29, 0.717) is 26.2 Å². The number of hydrogen-bond donors (Lipinski definition) is 2. The van der Waals surface area contributed by atoms with Crippen molar-refractivity contribution in [2.24, 2.45) is 5.41 Å². The number of ether oxygens (including phenoxy) is 1. The number of nitrogens with zero attached hydrogens (tertiary/aromatic N) is 1. The van der Waals surface area contributed by atoms with Crippen LogP contribution in [-0.4, -0.2) is 53.8 Å². The SMILES string of the molecule is CC1COCCN1C(=O)NC1CCCC1(C)C(=O)O. The Morgan fingerprint density at radius 1 is 1.47 bits per heavy atom. The molecule has 6 heteroatoms. The van der Waals surface area contributed by atoms with Gasteiger partial charge in [0, 0.05) is 12.6 Å². The van der Waals surface area contributed by atoms with Gasteiger partial charge in [-0.3, -0.25) is 4.79 Å². The van der Waals surface area contributed by atoms with E-state index in [4.69, 9.17) is 4.74 Å². The molecule has 3 unspecified atom stereocenters. The second-order valence-corrected chi connectivity index (χ2v) is 5.73. The summed E-state index contributed by atoms with van der Waals surface area (Å²) >= 11 is 0. The number of morpholine rings is 1. The molecule has 0 aromatic heterocycles. The van der Waals surface area contributed by atoms with Crippen molar-refractivity contribution in [3.05, 3.63) is 0 Å². The molecule has 1 saturated heterocycles. The van der Waals surface area contributed by atoms with Crippen molar-refractivity contribution < 1.29 is 19.4 Å². The molecule has 1 aliphatic heterocycles. The highest BCUT2D eigenvalue weighted by Crippen LogP contribution is 2.38. The van der Waals surface area contributed by atoms with Crippen LogP contribution in [-0.2, 0) is 9.53 Å². The van der Waals surface area contributed by atoms with E-state index in [0.717, 1.165) is 12.8 Å². The van der Waals surface area contributed by atoms with Crippen LogP contribution in [0.15, 0.2) is 0 Å². The molecule has 1 aliphatic carbocycles. The summed E-state index contributed by atoms with van der Waals surface area (Å²) in [7, 11) is 0. The molecule has 6 nitrogen and oxygen atoms in total. The highest BCUT2D eigenvalue weighted by Gasteiger charge is 2.46. The predicted octanol–water partition coefficient (Wildman–Crippen LogP) is 1.06. The highest BCUT2D eigenvalue weighted by atomic mass is 16.5. The first-order valence-electron chi connectivity index (χ1n) is 6.83. The van der Waals surface area contributed by atoms with Crippen LogP contribution in [0.2, 0.25) is 0 Å². The number of amides is 2. The van der Waals surface area contributed by atoms with Crippen molar-refractivity contribution >= 4 is 12.0 Å². The van der Waals surface area contributed by atoms with Gasteiger partial charge in [0.05, 0.1) is 24.7 Å². The molecule has 108 valence electrons. The van der Waals surface area contributed by atoms with E-state index < -0.39 is 11.4 Å². The summed E-state index contributed by atoms with van der Waals surface area (Å²) in [5.41, 5.74) is -0.842. The Morgan fingerprint density at radius 3 is 2.84 bits per heavy atom. The number of urea groups is 1. The van der Waals surface area contributed by atoms with Crippen molar-refractivity contribution in [2.45, 2.75) is 45.2 Å². The lowest BCUT2D eigenvalue weighted by Gasteiger charge is -2.36. The first kappa shape index (κ1) is 14.1. The number of nitrogens with one attached hydrogen (secondary N) is 1. The molecule has 1 saturated carbocycles. The summed E-state index contributed by atoms with van der Waals surface area (Å²) < 4.78 is 5.30. The Balaban J connectivity index is 2.00. The number of aliphatic carboxylic acids is 1. The molecule has 19 heavy (non-hydrogen) atoms. The number of carbonyl (C=O) groups excluding carboxylic acids is 1. The summed E-state index contributed by atoms with van der Waals surface area (Å²) in [6.45, 7) is 5.29. The quantitative estimate of drug-likeness (QED) is 0.786. The van der Waals surface area contributed by atoms with E-state index >= 15 is 0 Å². The molecule has 2 fully saturated rings. The highest BCUT2D eigenvalue weighted by molar-refractivity contribution is 5.79. The molecule has 0 spiro atoms. The normalized spacial score (nSPS) is 35.2. The fourth-order valence-corrected chi connectivity index (χ4v) is 2.91. The predicted molar refractivity (Wildman–Crippen MR) is 68.9 cm³/mol. The molecule has 0 radical (unpaired) electrons. The van der Waals surface area contributed by atoms with E-state index in [9.17, 15) is 14.7 Å². The van der Waals surface area contributed by atoms with Gasteiger partial charge in [0.2, 0.25) is 0 Å². The summed E-state index contributed by atoms with van der Waals surface area (Å²) in [4.78, 5) is 25.3. The third-order valence-corrected chi connectivity index (χ3v) is 4.37. The van der Waals surface area contributed by atoms with Gasteiger partial charge in [-0.1, -0.05) is 6.42 Å². The molecule has 2 amide bonds. The van der Waals surface area contributed by atoms with Gasteiger partial charge in [-0.2, -0.15) is 0 Å². The third kappa shape index (κ3) is 2.68. The monoisotopic (exact) mass is 270 g/mol. The zero-order valence-electron chi connectivity index (χ0n) is 11.5. The van der Waals surface area contributed by atoms with Crippen molar-refractivity contribution in [3.63, 3.8) is 0 Å². The zero-order chi connectivity index (χ0) is 14.0. The van der Waals surface area contributed by atoms with Crippen LogP contribution >= 0.6 is 0 Å². The van der Waals surface area contributed by atoms with E-state index in [2.05, 4.69) is 5.32 Å². The van der Waals surface area contributed by atoms with E-state index in [1.165, 1.54) is 0 Å². The average Bonchev–Trinajstić information content (AvgIpc) is 2.73. The van der Waals surface area contributed by atoms with Gasteiger partial charge < -0.3 is 20.1 Å². The lowest BCUT2D eigenvalue weighted by Crippen LogP contribution is -2.56. The maximum Gasteiger partial charge on any atom is 0.318 e. The lowest BCUT2D eigenvalue weighted by atomic mass is 9.85. The first-order chi connectivity index (χ1) is 8.95. The number of carboxylic acids is 1. The minimum atomic E-state index is -0.842. The number of hydrogen-bond acceptors (Lipinski definition) is 3. The Morgan fingerprint density at radius 2 is 2.21 bits per heavy atom. The largest absolute Gasteiger partial charge is 0.481 e. The van der Waals surface area contributed by atoms with Gasteiger partial charge in [0.25, 0.3) is 0 Å². The molecule has 1 heterocycles. The van der Waals surface area contributed by atoms with Crippen LogP contribution in [0.25, 0.3) is 0 Å². The summed E-state index contributed by atoms with van der Waals surface area (Å²) in [6.07, 6.45) is 2.19. The Hall–Kier alpha value is -1.30. The van der Waals surface area contributed by atoms with Crippen LogP contribution in [0.3, 0.4) is 0 Å². The van der Waals surface area contributed by atoms with Crippen molar-refractivity contribution in [2.75, 3.05) is 19.8 Å². The molecule has 0 aromatic rings. The van der Waals surface area contributed by atoms with Gasteiger partial charge in [-0.15, -0.1) is 0 Å². The number of carboxylic acid groups (broad SMARTS) is 1. The molecule has 2 rings (SSSR count).